The molecule has 0 spiro atoms. The van der Waals surface area contributed by atoms with Gasteiger partial charge in [-0.05, 0) is 36.3 Å². The Hall–Kier alpha value is -1.88. The van der Waals surface area contributed by atoms with E-state index in [0.29, 0.717) is 13.2 Å². The molecule has 5 heteroatoms. The Balaban J connectivity index is 1.71. The topological polar surface area (TPSA) is 45.7 Å². The summed E-state index contributed by atoms with van der Waals surface area (Å²) in [4.78, 5) is 4.23. The number of hydrogen-bond acceptors (Lipinski definition) is 3. The van der Waals surface area contributed by atoms with Crippen molar-refractivity contribution in [2.24, 2.45) is 4.99 Å². The van der Waals surface area contributed by atoms with Crippen LogP contribution in [0.5, 0.6) is 5.75 Å². The van der Waals surface area contributed by atoms with Crippen molar-refractivity contribution >= 4 is 28.5 Å². The highest BCUT2D eigenvalue weighted by Crippen LogP contribution is 2.24. The van der Waals surface area contributed by atoms with E-state index in [1.54, 1.807) is 7.05 Å². The number of fused-ring (bicyclic) bond motifs is 1. The van der Waals surface area contributed by atoms with Crippen LogP contribution in [-0.2, 0) is 0 Å². The van der Waals surface area contributed by atoms with Crippen molar-refractivity contribution in [3.63, 3.8) is 0 Å². The lowest BCUT2D eigenvalue weighted by molar-refractivity contribution is 0.325. The lowest BCUT2D eigenvalue weighted by Gasteiger charge is -2.13. The van der Waals surface area contributed by atoms with Gasteiger partial charge in [-0.2, -0.15) is 11.8 Å². The summed E-state index contributed by atoms with van der Waals surface area (Å²) >= 11 is 1.89. The molecule has 130 valence electrons. The molecule has 0 saturated carbocycles. The van der Waals surface area contributed by atoms with Crippen molar-refractivity contribution in [3.05, 3.63) is 42.5 Å². The predicted octanol–water partition coefficient (Wildman–Crippen LogP) is 3.53. The highest BCUT2D eigenvalue weighted by atomic mass is 32.2. The van der Waals surface area contributed by atoms with Crippen LogP contribution in [0.4, 0.5) is 0 Å². The summed E-state index contributed by atoms with van der Waals surface area (Å²) in [7, 11) is 1.79. The number of hydrogen-bond donors (Lipinski definition) is 2. The first kappa shape index (κ1) is 18.5. The molecule has 0 aliphatic rings. The molecule has 0 saturated heterocycles. The molecule has 2 rings (SSSR count). The van der Waals surface area contributed by atoms with E-state index in [2.05, 4.69) is 40.1 Å². The minimum absolute atomic E-state index is 0.598. The van der Waals surface area contributed by atoms with Gasteiger partial charge in [0.05, 0.1) is 6.54 Å². The molecule has 0 atom stereocenters. The number of rotatable bonds is 9. The molecule has 0 aliphatic carbocycles. The van der Waals surface area contributed by atoms with Crippen molar-refractivity contribution in [2.45, 2.75) is 12.8 Å². The Labute approximate surface area is 149 Å². The maximum atomic E-state index is 5.92. The molecule has 0 heterocycles. The van der Waals surface area contributed by atoms with Gasteiger partial charge in [0, 0.05) is 19.0 Å². The molecular formula is C19H27N3OS. The van der Waals surface area contributed by atoms with Crippen LogP contribution >= 0.6 is 11.8 Å². The van der Waals surface area contributed by atoms with E-state index in [-0.39, 0.29) is 0 Å². The number of nitrogens with zero attached hydrogens (tertiary/aromatic N) is 1. The number of benzene rings is 2. The van der Waals surface area contributed by atoms with Crippen LogP contribution < -0.4 is 15.4 Å². The van der Waals surface area contributed by atoms with Crippen LogP contribution in [0, 0.1) is 0 Å². The number of unbranched alkanes of at least 4 members (excludes halogenated alkanes) is 1. The third-order valence-electron chi connectivity index (χ3n) is 3.69. The summed E-state index contributed by atoms with van der Waals surface area (Å²) in [6, 6.07) is 14.4. The fourth-order valence-corrected chi connectivity index (χ4v) is 2.94. The minimum atomic E-state index is 0.598. The second-order valence-electron chi connectivity index (χ2n) is 5.45. The Morgan fingerprint density at radius 2 is 1.83 bits per heavy atom. The summed E-state index contributed by atoms with van der Waals surface area (Å²) in [6.07, 6.45) is 4.53. The number of ether oxygens (including phenoxy) is 1. The zero-order chi connectivity index (χ0) is 17.0. The van der Waals surface area contributed by atoms with Crippen LogP contribution in [0.25, 0.3) is 10.8 Å². The highest BCUT2D eigenvalue weighted by Gasteiger charge is 2.01. The van der Waals surface area contributed by atoms with Crippen LogP contribution in [0.2, 0.25) is 0 Å². The van der Waals surface area contributed by atoms with Crippen molar-refractivity contribution in [3.8, 4) is 5.75 Å². The van der Waals surface area contributed by atoms with E-state index in [1.807, 2.05) is 36.0 Å². The zero-order valence-corrected chi connectivity index (χ0v) is 15.4. The Bertz CT molecular complexity index is 640. The van der Waals surface area contributed by atoms with E-state index in [4.69, 9.17) is 4.74 Å². The number of thioether (sulfide) groups is 1. The lowest BCUT2D eigenvalue weighted by atomic mass is 10.1. The standard InChI is InChI=1S/C19H27N3OS/c1-20-19(21-12-5-6-15-24-2)22-13-14-23-18-11-7-9-16-8-3-4-10-17(16)18/h3-4,7-11H,5-6,12-15H2,1-2H3,(H2,20,21,22). The molecule has 24 heavy (non-hydrogen) atoms. The lowest BCUT2D eigenvalue weighted by Crippen LogP contribution is -2.39. The van der Waals surface area contributed by atoms with Gasteiger partial charge in [-0.1, -0.05) is 36.4 Å². The first-order valence-corrected chi connectivity index (χ1v) is 9.78. The Morgan fingerprint density at radius 1 is 1.04 bits per heavy atom. The first-order chi connectivity index (χ1) is 11.8. The summed E-state index contributed by atoms with van der Waals surface area (Å²) < 4.78 is 5.92. The fraction of sp³-hybridized carbons (Fsp3) is 0.421. The van der Waals surface area contributed by atoms with E-state index < -0.39 is 0 Å². The minimum Gasteiger partial charge on any atom is -0.491 e. The van der Waals surface area contributed by atoms with Gasteiger partial charge in [0.2, 0.25) is 0 Å². The van der Waals surface area contributed by atoms with E-state index >= 15 is 0 Å². The first-order valence-electron chi connectivity index (χ1n) is 8.39. The molecule has 0 bridgehead atoms. The van der Waals surface area contributed by atoms with Crippen LogP contribution in [0.3, 0.4) is 0 Å². The van der Waals surface area contributed by atoms with Gasteiger partial charge in [-0.25, -0.2) is 0 Å². The summed E-state index contributed by atoms with van der Waals surface area (Å²) in [5, 5.41) is 8.97. The second-order valence-corrected chi connectivity index (χ2v) is 6.44. The van der Waals surface area contributed by atoms with Gasteiger partial charge in [0.25, 0.3) is 0 Å². The van der Waals surface area contributed by atoms with Gasteiger partial charge in [0.15, 0.2) is 5.96 Å². The van der Waals surface area contributed by atoms with E-state index in [9.17, 15) is 0 Å². The number of guanidine groups is 1. The van der Waals surface area contributed by atoms with Gasteiger partial charge in [-0.3, -0.25) is 4.99 Å². The molecule has 2 aromatic carbocycles. The SMILES string of the molecule is CN=C(NCCCCSC)NCCOc1cccc2ccccc12. The molecule has 0 aromatic heterocycles. The van der Waals surface area contributed by atoms with Gasteiger partial charge < -0.3 is 15.4 Å². The zero-order valence-electron chi connectivity index (χ0n) is 14.5. The largest absolute Gasteiger partial charge is 0.491 e. The highest BCUT2D eigenvalue weighted by molar-refractivity contribution is 7.98. The van der Waals surface area contributed by atoms with Crippen molar-refractivity contribution in [2.75, 3.05) is 38.8 Å². The molecule has 0 radical (unpaired) electrons. The third kappa shape index (κ3) is 5.96. The average Bonchev–Trinajstić information content (AvgIpc) is 2.63. The molecule has 0 fully saturated rings. The normalized spacial score (nSPS) is 11.5. The van der Waals surface area contributed by atoms with Crippen LogP contribution in [0.1, 0.15) is 12.8 Å². The van der Waals surface area contributed by atoms with Crippen molar-refractivity contribution in [1.29, 1.82) is 0 Å². The van der Waals surface area contributed by atoms with Gasteiger partial charge in [-0.15, -0.1) is 0 Å². The molecule has 2 aromatic rings. The molecular weight excluding hydrogens is 318 g/mol. The van der Waals surface area contributed by atoms with Crippen molar-refractivity contribution < 1.29 is 4.74 Å². The smallest absolute Gasteiger partial charge is 0.191 e. The maximum Gasteiger partial charge on any atom is 0.191 e. The molecule has 0 unspecified atom stereocenters. The Morgan fingerprint density at radius 3 is 2.67 bits per heavy atom. The molecule has 0 amide bonds. The van der Waals surface area contributed by atoms with Crippen LogP contribution in [-0.4, -0.2) is 44.7 Å². The summed E-state index contributed by atoms with van der Waals surface area (Å²) in [5.41, 5.74) is 0. The molecule has 4 nitrogen and oxygen atoms in total. The maximum absolute atomic E-state index is 5.92. The van der Waals surface area contributed by atoms with Gasteiger partial charge in [0.1, 0.15) is 12.4 Å². The van der Waals surface area contributed by atoms with Crippen LogP contribution in [0.15, 0.2) is 47.5 Å². The quantitative estimate of drug-likeness (QED) is 0.415. The average molecular weight is 346 g/mol. The molecule has 0 aliphatic heterocycles. The van der Waals surface area contributed by atoms with Crippen molar-refractivity contribution in [1.82, 2.24) is 10.6 Å². The van der Waals surface area contributed by atoms with Gasteiger partial charge >= 0.3 is 0 Å². The van der Waals surface area contributed by atoms with E-state index in [1.165, 1.54) is 17.6 Å². The monoisotopic (exact) mass is 345 g/mol. The molecule has 2 N–H and O–H groups in total. The number of aliphatic imine (C=N–C) groups is 1. The number of nitrogens with one attached hydrogen (secondary N) is 2. The third-order valence-corrected chi connectivity index (χ3v) is 4.39. The summed E-state index contributed by atoms with van der Waals surface area (Å²) in [6.45, 7) is 2.26. The van der Waals surface area contributed by atoms with E-state index in [0.717, 1.165) is 30.1 Å². The summed E-state index contributed by atoms with van der Waals surface area (Å²) in [5.74, 6) is 2.97. The Kier molecular flexibility index (Phi) is 8.32. The predicted molar refractivity (Wildman–Crippen MR) is 106 cm³/mol. The second kappa shape index (κ2) is 10.8. The fourth-order valence-electron chi connectivity index (χ4n) is 2.45.